The zero-order valence-corrected chi connectivity index (χ0v) is 16.4. The molecule has 146 valence electrons. The summed E-state index contributed by atoms with van der Waals surface area (Å²) in [6, 6.07) is 12.9. The first-order valence-electron chi connectivity index (χ1n) is 9.30. The van der Waals surface area contributed by atoms with E-state index in [1.165, 1.54) is 6.07 Å². The first-order valence-corrected chi connectivity index (χ1v) is 9.67. The van der Waals surface area contributed by atoms with Crippen molar-refractivity contribution < 1.29 is 19.1 Å². The summed E-state index contributed by atoms with van der Waals surface area (Å²) in [7, 11) is 0. The van der Waals surface area contributed by atoms with Gasteiger partial charge in [-0.2, -0.15) is 0 Å². The molecule has 1 heterocycles. The summed E-state index contributed by atoms with van der Waals surface area (Å²) in [5.74, 6) is -0.587. The lowest BCUT2D eigenvalue weighted by Gasteiger charge is -2.30. The van der Waals surface area contributed by atoms with Crippen LogP contribution in [0.3, 0.4) is 0 Å². The molecule has 3 rings (SSSR count). The van der Waals surface area contributed by atoms with Gasteiger partial charge in [-0.1, -0.05) is 36.7 Å². The Labute approximate surface area is 169 Å². The van der Waals surface area contributed by atoms with Gasteiger partial charge >= 0.3 is 5.97 Å². The van der Waals surface area contributed by atoms with Crippen LogP contribution < -0.4 is 0 Å². The van der Waals surface area contributed by atoms with E-state index in [-0.39, 0.29) is 29.4 Å². The average Bonchev–Trinajstić information content (AvgIpc) is 2.72. The molecular weight excluding hydrogens is 378 g/mol. The molecule has 28 heavy (non-hydrogen) atoms. The van der Waals surface area contributed by atoms with Crippen molar-refractivity contribution in [3.63, 3.8) is 0 Å². The van der Waals surface area contributed by atoms with E-state index >= 15 is 0 Å². The molecule has 0 unspecified atom stereocenters. The molecule has 0 atom stereocenters. The molecule has 0 spiro atoms. The van der Waals surface area contributed by atoms with Gasteiger partial charge < -0.3 is 9.64 Å². The van der Waals surface area contributed by atoms with E-state index in [2.05, 4.69) is 6.92 Å². The fourth-order valence-corrected chi connectivity index (χ4v) is 3.30. The minimum atomic E-state index is -0.684. The summed E-state index contributed by atoms with van der Waals surface area (Å²) in [6.07, 6.45) is 1.91. The third kappa shape index (κ3) is 4.78. The maximum atomic E-state index is 12.8. The number of likely N-dealkylation sites (tertiary alicyclic amines) is 1. The van der Waals surface area contributed by atoms with E-state index < -0.39 is 5.97 Å². The van der Waals surface area contributed by atoms with Crippen LogP contribution in [-0.4, -0.2) is 42.3 Å². The maximum Gasteiger partial charge on any atom is 0.339 e. The van der Waals surface area contributed by atoms with E-state index in [0.717, 1.165) is 12.8 Å². The molecule has 6 heteroatoms. The Hall–Kier alpha value is -2.66. The number of esters is 1. The Morgan fingerprint density at radius 3 is 2.25 bits per heavy atom. The Bertz CT molecular complexity index is 870. The third-order valence-corrected chi connectivity index (χ3v) is 5.21. The summed E-state index contributed by atoms with van der Waals surface area (Å²) in [5.41, 5.74) is 0.791. The van der Waals surface area contributed by atoms with Crippen molar-refractivity contribution in [2.24, 2.45) is 5.92 Å². The van der Waals surface area contributed by atoms with Gasteiger partial charge in [0.1, 0.15) is 0 Å². The van der Waals surface area contributed by atoms with Crippen molar-refractivity contribution in [1.82, 2.24) is 4.90 Å². The second-order valence-electron chi connectivity index (χ2n) is 7.02. The van der Waals surface area contributed by atoms with Gasteiger partial charge in [0.2, 0.25) is 0 Å². The zero-order chi connectivity index (χ0) is 20.1. The molecule has 1 saturated heterocycles. The molecule has 0 aliphatic carbocycles. The standard InChI is InChI=1S/C22H22ClNO4/c1-15-10-12-24(13-11-15)20(25)14-28-22(27)19-5-3-2-4-18(19)21(26)16-6-8-17(23)9-7-16/h2-9,15H,10-14H2,1H3. The molecule has 2 aromatic carbocycles. The second kappa shape index (κ2) is 9.02. The molecule has 1 aliphatic heterocycles. The molecule has 0 bridgehead atoms. The van der Waals surface area contributed by atoms with Crippen LogP contribution in [0.5, 0.6) is 0 Å². The Morgan fingerprint density at radius 2 is 1.61 bits per heavy atom. The number of benzene rings is 2. The van der Waals surface area contributed by atoms with Gasteiger partial charge in [-0.25, -0.2) is 4.79 Å². The van der Waals surface area contributed by atoms with Crippen molar-refractivity contribution in [1.29, 1.82) is 0 Å². The van der Waals surface area contributed by atoms with Gasteiger partial charge in [0, 0.05) is 29.2 Å². The highest BCUT2D eigenvalue weighted by molar-refractivity contribution is 6.30. The Morgan fingerprint density at radius 1 is 1.00 bits per heavy atom. The molecular formula is C22H22ClNO4. The summed E-state index contributed by atoms with van der Waals surface area (Å²) in [5, 5.41) is 0.523. The third-order valence-electron chi connectivity index (χ3n) is 4.96. The quantitative estimate of drug-likeness (QED) is 0.563. The van der Waals surface area contributed by atoms with Crippen LogP contribution in [0, 0.1) is 5.92 Å². The van der Waals surface area contributed by atoms with Crippen molar-refractivity contribution >= 4 is 29.3 Å². The topological polar surface area (TPSA) is 63.7 Å². The summed E-state index contributed by atoms with van der Waals surface area (Å²) in [4.78, 5) is 39.3. The molecule has 1 amide bonds. The smallest absolute Gasteiger partial charge is 0.339 e. The minimum Gasteiger partial charge on any atom is -0.452 e. The number of rotatable bonds is 5. The molecule has 1 aliphatic rings. The van der Waals surface area contributed by atoms with Crippen LogP contribution in [0.25, 0.3) is 0 Å². The first kappa shape index (κ1) is 20.1. The number of halogens is 1. The van der Waals surface area contributed by atoms with Gasteiger partial charge in [-0.15, -0.1) is 0 Å². The number of hydrogen-bond donors (Lipinski definition) is 0. The van der Waals surface area contributed by atoms with Gasteiger partial charge in [0.15, 0.2) is 12.4 Å². The predicted molar refractivity (Wildman–Crippen MR) is 107 cm³/mol. The predicted octanol–water partition coefficient (Wildman–Crippen LogP) is 3.99. The summed E-state index contributed by atoms with van der Waals surface area (Å²) < 4.78 is 5.21. The molecule has 0 aromatic heterocycles. The van der Waals surface area contributed by atoms with Gasteiger partial charge in [0.05, 0.1) is 5.56 Å². The maximum absolute atomic E-state index is 12.8. The molecule has 0 N–H and O–H groups in total. The molecule has 0 radical (unpaired) electrons. The highest BCUT2D eigenvalue weighted by Gasteiger charge is 2.23. The van der Waals surface area contributed by atoms with Crippen LogP contribution in [0.1, 0.15) is 46.0 Å². The average molecular weight is 400 g/mol. The van der Waals surface area contributed by atoms with Gasteiger partial charge in [0.25, 0.3) is 5.91 Å². The van der Waals surface area contributed by atoms with Crippen molar-refractivity contribution in [3.8, 4) is 0 Å². The molecule has 0 saturated carbocycles. The fourth-order valence-electron chi connectivity index (χ4n) is 3.17. The SMILES string of the molecule is CC1CCN(C(=O)COC(=O)c2ccccc2C(=O)c2ccc(Cl)cc2)CC1. The summed E-state index contributed by atoms with van der Waals surface area (Å²) >= 11 is 5.87. The number of carbonyl (C=O) groups is 3. The van der Waals surface area contributed by atoms with Crippen molar-refractivity contribution in [2.45, 2.75) is 19.8 Å². The van der Waals surface area contributed by atoms with Crippen LogP contribution in [0.2, 0.25) is 5.02 Å². The first-order chi connectivity index (χ1) is 13.5. The Kier molecular flexibility index (Phi) is 6.47. The number of piperidine rings is 1. The lowest BCUT2D eigenvalue weighted by atomic mass is 9.98. The highest BCUT2D eigenvalue weighted by Crippen LogP contribution is 2.19. The highest BCUT2D eigenvalue weighted by atomic mass is 35.5. The van der Waals surface area contributed by atoms with E-state index in [1.54, 1.807) is 47.4 Å². The fraction of sp³-hybridized carbons (Fsp3) is 0.318. The van der Waals surface area contributed by atoms with E-state index in [0.29, 0.717) is 29.6 Å². The lowest BCUT2D eigenvalue weighted by Crippen LogP contribution is -2.40. The Balaban J connectivity index is 1.68. The lowest BCUT2D eigenvalue weighted by molar-refractivity contribution is -0.135. The number of carbonyl (C=O) groups excluding carboxylic acids is 3. The van der Waals surface area contributed by atoms with Gasteiger partial charge in [-0.3, -0.25) is 9.59 Å². The largest absolute Gasteiger partial charge is 0.452 e. The van der Waals surface area contributed by atoms with Crippen molar-refractivity contribution in [2.75, 3.05) is 19.7 Å². The van der Waals surface area contributed by atoms with E-state index in [1.807, 2.05) is 0 Å². The van der Waals surface area contributed by atoms with Crippen LogP contribution in [0.15, 0.2) is 48.5 Å². The van der Waals surface area contributed by atoms with Crippen LogP contribution in [-0.2, 0) is 9.53 Å². The van der Waals surface area contributed by atoms with Gasteiger partial charge in [-0.05, 0) is 49.1 Å². The summed E-state index contributed by atoms with van der Waals surface area (Å²) in [6.45, 7) is 3.21. The monoisotopic (exact) mass is 399 g/mol. The second-order valence-corrected chi connectivity index (χ2v) is 7.46. The molecule has 2 aromatic rings. The number of ether oxygens (including phenoxy) is 1. The zero-order valence-electron chi connectivity index (χ0n) is 15.7. The van der Waals surface area contributed by atoms with Crippen molar-refractivity contribution in [3.05, 3.63) is 70.2 Å². The van der Waals surface area contributed by atoms with Crippen LogP contribution in [0.4, 0.5) is 0 Å². The molecule has 1 fully saturated rings. The number of amides is 1. The minimum absolute atomic E-state index is 0.141. The van der Waals surface area contributed by atoms with Crippen LogP contribution >= 0.6 is 11.6 Å². The number of ketones is 1. The number of hydrogen-bond acceptors (Lipinski definition) is 4. The van der Waals surface area contributed by atoms with E-state index in [4.69, 9.17) is 16.3 Å². The normalized spacial score (nSPS) is 14.6. The number of nitrogens with zero attached hydrogens (tertiary/aromatic N) is 1. The molecule has 5 nitrogen and oxygen atoms in total. The van der Waals surface area contributed by atoms with E-state index in [9.17, 15) is 14.4 Å².